The smallest absolute Gasteiger partial charge is 0.274 e. The quantitative estimate of drug-likeness (QED) is 0.162. The SMILES string of the molecule is CCCCc1nn(-c2ccccc2C(F)(F)F)c(=O)n1Cc1ccc(-c2ccccc2S(=O)(=O)NC(=O)c2cc(Cl)ccc2Cl)cc1. The number of unbranched alkanes of at least 4 members (excludes halogenated alkanes) is 1. The molecule has 0 fully saturated rings. The van der Waals surface area contributed by atoms with Crippen LogP contribution in [-0.2, 0) is 29.2 Å². The molecule has 0 aliphatic carbocycles. The van der Waals surface area contributed by atoms with Crippen molar-refractivity contribution in [1.29, 1.82) is 0 Å². The Morgan fingerprint density at radius 1 is 0.936 bits per heavy atom. The van der Waals surface area contributed by atoms with Crippen LogP contribution in [0, 0.1) is 0 Å². The van der Waals surface area contributed by atoms with Gasteiger partial charge in [-0.2, -0.15) is 17.9 Å². The lowest BCUT2D eigenvalue weighted by Gasteiger charge is -2.13. The summed E-state index contributed by atoms with van der Waals surface area (Å²) in [6, 6.07) is 21.6. The Kier molecular flexibility index (Phi) is 9.94. The van der Waals surface area contributed by atoms with Crippen LogP contribution in [0.15, 0.2) is 101 Å². The molecule has 244 valence electrons. The molecule has 0 radical (unpaired) electrons. The highest BCUT2D eigenvalue weighted by Gasteiger charge is 2.35. The van der Waals surface area contributed by atoms with Crippen LogP contribution in [0.2, 0.25) is 10.0 Å². The Morgan fingerprint density at radius 2 is 1.62 bits per heavy atom. The van der Waals surface area contributed by atoms with E-state index in [-0.39, 0.29) is 32.7 Å². The Hall–Kier alpha value is -4.39. The Balaban J connectivity index is 1.45. The fourth-order valence-corrected chi connectivity index (χ4v) is 6.56. The third-order valence-electron chi connectivity index (χ3n) is 7.31. The van der Waals surface area contributed by atoms with Crippen LogP contribution in [-0.4, -0.2) is 28.7 Å². The van der Waals surface area contributed by atoms with Crippen molar-refractivity contribution in [2.45, 2.75) is 43.8 Å². The van der Waals surface area contributed by atoms with Crippen molar-refractivity contribution in [2.24, 2.45) is 0 Å². The molecule has 0 saturated carbocycles. The predicted octanol–water partition coefficient (Wildman–Crippen LogP) is 7.54. The lowest BCUT2D eigenvalue weighted by Crippen LogP contribution is -2.31. The second kappa shape index (κ2) is 13.8. The van der Waals surface area contributed by atoms with Gasteiger partial charge >= 0.3 is 11.9 Å². The maximum absolute atomic E-state index is 13.8. The fraction of sp³-hybridized carbons (Fsp3) is 0.182. The van der Waals surface area contributed by atoms with E-state index in [9.17, 15) is 31.2 Å². The van der Waals surface area contributed by atoms with Crippen LogP contribution in [0.25, 0.3) is 16.8 Å². The Labute approximate surface area is 278 Å². The molecule has 1 heterocycles. The van der Waals surface area contributed by atoms with Crippen molar-refractivity contribution in [1.82, 2.24) is 19.1 Å². The molecule has 0 unspecified atom stereocenters. The first-order valence-corrected chi connectivity index (χ1v) is 16.6. The molecule has 14 heteroatoms. The van der Waals surface area contributed by atoms with Crippen molar-refractivity contribution in [2.75, 3.05) is 0 Å². The first kappa shape index (κ1) is 34.0. The van der Waals surface area contributed by atoms with Crippen LogP contribution < -0.4 is 10.4 Å². The molecule has 47 heavy (non-hydrogen) atoms. The number of alkyl halides is 3. The molecular weight excluding hydrogens is 676 g/mol. The first-order valence-electron chi connectivity index (χ1n) is 14.4. The normalized spacial score (nSPS) is 11.9. The number of carbonyl (C=O) groups excluding carboxylic acids is 1. The number of nitrogens with one attached hydrogen (secondary N) is 1. The first-order chi connectivity index (χ1) is 22.3. The van der Waals surface area contributed by atoms with Gasteiger partial charge in [0, 0.05) is 17.0 Å². The lowest BCUT2D eigenvalue weighted by atomic mass is 10.0. The minimum atomic E-state index is -4.69. The molecule has 0 saturated heterocycles. The molecule has 1 N–H and O–H groups in total. The van der Waals surface area contributed by atoms with E-state index in [0.29, 0.717) is 35.4 Å². The zero-order chi connectivity index (χ0) is 33.9. The van der Waals surface area contributed by atoms with Crippen molar-refractivity contribution in [3.63, 3.8) is 0 Å². The number of aryl methyl sites for hydroxylation is 1. The maximum atomic E-state index is 13.8. The van der Waals surface area contributed by atoms with Crippen molar-refractivity contribution in [3.05, 3.63) is 134 Å². The van der Waals surface area contributed by atoms with Crippen LogP contribution in [0.1, 0.15) is 47.1 Å². The number of benzene rings is 4. The van der Waals surface area contributed by atoms with Crippen LogP contribution >= 0.6 is 23.2 Å². The van der Waals surface area contributed by atoms with Gasteiger partial charge in [-0.05, 0) is 53.9 Å². The van der Waals surface area contributed by atoms with Gasteiger partial charge in [0.25, 0.3) is 15.9 Å². The number of rotatable bonds is 10. The van der Waals surface area contributed by atoms with E-state index >= 15 is 0 Å². The molecule has 0 aliphatic rings. The molecule has 5 rings (SSSR count). The minimum absolute atomic E-state index is 0.0166. The topological polar surface area (TPSA) is 103 Å². The van der Waals surface area contributed by atoms with Crippen molar-refractivity contribution in [3.8, 4) is 16.8 Å². The summed E-state index contributed by atoms with van der Waals surface area (Å²) in [5.74, 6) is -0.615. The fourth-order valence-electron chi connectivity index (χ4n) is 4.99. The van der Waals surface area contributed by atoms with Gasteiger partial charge < -0.3 is 0 Å². The van der Waals surface area contributed by atoms with E-state index in [1.54, 1.807) is 36.4 Å². The molecule has 5 aromatic rings. The Morgan fingerprint density at radius 3 is 2.32 bits per heavy atom. The largest absolute Gasteiger partial charge is 0.418 e. The number of para-hydroxylation sites is 1. The molecule has 4 aromatic carbocycles. The average Bonchev–Trinajstić information content (AvgIpc) is 3.35. The Bertz CT molecular complexity index is 2110. The summed E-state index contributed by atoms with van der Waals surface area (Å²) in [5.41, 5.74) is -0.739. The molecule has 1 aromatic heterocycles. The third kappa shape index (κ3) is 7.45. The van der Waals surface area contributed by atoms with E-state index in [0.717, 1.165) is 17.2 Å². The molecule has 0 atom stereocenters. The number of hydrogen-bond donors (Lipinski definition) is 1. The summed E-state index contributed by atoms with van der Waals surface area (Å²) < 4.78 is 72.1. The zero-order valence-electron chi connectivity index (χ0n) is 24.8. The number of sulfonamides is 1. The highest BCUT2D eigenvalue weighted by atomic mass is 35.5. The lowest BCUT2D eigenvalue weighted by molar-refractivity contribution is -0.137. The highest BCUT2D eigenvalue weighted by Crippen LogP contribution is 2.33. The van der Waals surface area contributed by atoms with Gasteiger partial charge in [0.1, 0.15) is 5.82 Å². The van der Waals surface area contributed by atoms with Crippen LogP contribution in [0.3, 0.4) is 0 Å². The zero-order valence-corrected chi connectivity index (χ0v) is 27.1. The third-order valence-corrected chi connectivity index (χ3v) is 9.27. The van der Waals surface area contributed by atoms with E-state index in [4.69, 9.17) is 23.2 Å². The van der Waals surface area contributed by atoms with Gasteiger partial charge in [-0.3, -0.25) is 9.36 Å². The molecular formula is C33H27Cl2F3N4O4S. The molecule has 0 bridgehead atoms. The van der Waals surface area contributed by atoms with Crippen LogP contribution in [0.5, 0.6) is 0 Å². The number of hydrogen-bond acceptors (Lipinski definition) is 5. The number of aromatic nitrogens is 3. The van der Waals surface area contributed by atoms with Gasteiger partial charge in [-0.1, -0.05) is 91.1 Å². The van der Waals surface area contributed by atoms with Gasteiger partial charge in [0.2, 0.25) is 0 Å². The number of nitrogens with zero attached hydrogens (tertiary/aromatic N) is 3. The van der Waals surface area contributed by atoms with E-state index < -0.39 is 33.4 Å². The average molecular weight is 704 g/mol. The molecule has 0 aliphatic heterocycles. The standard InChI is InChI=1S/C33H27Cl2F3N4O4S/c1-2-3-12-30-39-42(28-10-6-5-9-26(28)33(36,37)38)32(44)41(30)20-21-13-15-22(16-14-21)24-8-4-7-11-29(24)47(45,46)40-31(43)25-19-23(34)17-18-27(25)35/h4-11,13-19H,2-3,12,20H2,1H3,(H,40,43). The molecule has 1 amide bonds. The van der Waals surface area contributed by atoms with E-state index in [2.05, 4.69) is 5.10 Å². The number of carbonyl (C=O) groups is 1. The van der Waals surface area contributed by atoms with Crippen LogP contribution in [0.4, 0.5) is 13.2 Å². The van der Waals surface area contributed by atoms with Gasteiger partial charge in [0.15, 0.2) is 0 Å². The van der Waals surface area contributed by atoms with E-state index in [1.165, 1.54) is 53.1 Å². The minimum Gasteiger partial charge on any atom is -0.274 e. The van der Waals surface area contributed by atoms with E-state index in [1.807, 2.05) is 11.6 Å². The summed E-state index contributed by atoms with van der Waals surface area (Å²) in [7, 11) is -4.37. The summed E-state index contributed by atoms with van der Waals surface area (Å²) >= 11 is 12.0. The van der Waals surface area contributed by atoms with Gasteiger partial charge in [-0.25, -0.2) is 17.9 Å². The van der Waals surface area contributed by atoms with Gasteiger partial charge in [-0.15, -0.1) is 5.10 Å². The summed E-state index contributed by atoms with van der Waals surface area (Å²) in [6.07, 6.45) is -2.86. The summed E-state index contributed by atoms with van der Waals surface area (Å²) in [5, 5.41) is 4.53. The molecule has 0 spiro atoms. The highest BCUT2D eigenvalue weighted by molar-refractivity contribution is 7.90. The predicted molar refractivity (Wildman–Crippen MR) is 174 cm³/mol. The maximum Gasteiger partial charge on any atom is 0.418 e. The monoisotopic (exact) mass is 702 g/mol. The number of halogens is 5. The van der Waals surface area contributed by atoms with Gasteiger partial charge in [0.05, 0.1) is 33.3 Å². The summed E-state index contributed by atoms with van der Waals surface area (Å²) in [6.45, 7) is 1.97. The second-order valence-corrected chi connectivity index (χ2v) is 13.1. The van der Waals surface area contributed by atoms with Crippen molar-refractivity contribution >= 4 is 39.1 Å². The summed E-state index contributed by atoms with van der Waals surface area (Å²) in [4.78, 5) is 26.2. The molecule has 8 nitrogen and oxygen atoms in total. The number of amides is 1. The second-order valence-electron chi connectivity index (χ2n) is 10.6. The van der Waals surface area contributed by atoms with Crippen molar-refractivity contribution < 1.29 is 26.4 Å².